The van der Waals surface area contributed by atoms with Gasteiger partial charge in [-0.25, -0.2) is 8.42 Å². The first-order valence-electron chi connectivity index (χ1n) is 6.34. The number of hydrogen-bond acceptors (Lipinski definition) is 4. The molecule has 21 heavy (non-hydrogen) atoms. The lowest BCUT2D eigenvalue weighted by molar-refractivity contribution is 0.466. The molecule has 1 aromatic carbocycles. The first kappa shape index (κ1) is 16.6. The zero-order chi connectivity index (χ0) is 15.6. The molecular weight excluding hydrogens is 372 g/mol. The highest BCUT2D eigenvalue weighted by Crippen LogP contribution is 2.28. The Bertz CT molecular complexity index is 741. The number of nitrogens with zero attached hydrogens (tertiary/aromatic N) is 1. The SMILES string of the molecule is Cc1sc(CN)cc1S(=O)(=O)N(C)Cc1cccc(Br)c1. The lowest BCUT2D eigenvalue weighted by Crippen LogP contribution is -2.26. The highest BCUT2D eigenvalue weighted by Gasteiger charge is 2.24. The average molecular weight is 389 g/mol. The van der Waals surface area contributed by atoms with Gasteiger partial charge in [0.15, 0.2) is 0 Å². The fraction of sp³-hybridized carbons (Fsp3) is 0.286. The molecule has 1 heterocycles. The van der Waals surface area contributed by atoms with Crippen LogP contribution in [0, 0.1) is 6.92 Å². The topological polar surface area (TPSA) is 63.4 Å². The fourth-order valence-electron chi connectivity index (χ4n) is 2.03. The Morgan fingerprint density at radius 1 is 1.33 bits per heavy atom. The highest BCUT2D eigenvalue weighted by molar-refractivity contribution is 9.10. The molecule has 0 atom stereocenters. The molecule has 0 fully saturated rings. The molecule has 0 unspecified atom stereocenters. The summed E-state index contributed by atoms with van der Waals surface area (Å²) in [6.07, 6.45) is 0. The van der Waals surface area contributed by atoms with Gasteiger partial charge in [-0.1, -0.05) is 28.1 Å². The van der Waals surface area contributed by atoms with Crippen molar-refractivity contribution >= 4 is 37.3 Å². The highest BCUT2D eigenvalue weighted by atomic mass is 79.9. The van der Waals surface area contributed by atoms with E-state index in [2.05, 4.69) is 15.9 Å². The molecule has 0 spiro atoms. The van der Waals surface area contributed by atoms with Gasteiger partial charge >= 0.3 is 0 Å². The molecule has 0 bridgehead atoms. The summed E-state index contributed by atoms with van der Waals surface area (Å²) < 4.78 is 27.6. The monoisotopic (exact) mass is 388 g/mol. The van der Waals surface area contributed by atoms with Gasteiger partial charge in [-0.15, -0.1) is 11.3 Å². The number of nitrogens with two attached hydrogens (primary N) is 1. The zero-order valence-electron chi connectivity index (χ0n) is 11.8. The Kier molecular flexibility index (Phi) is 5.21. The number of sulfonamides is 1. The van der Waals surface area contributed by atoms with Crippen LogP contribution in [0.4, 0.5) is 0 Å². The van der Waals surface area contributed by atoms with Crippen molar-refractivity contribution in [3.8, 4) is 0 Å². The van der Waals surface area contributed by atoms with E-state index in [1.54, 1.807) is 13.1 Å². The lowest BCUT2D eigenvalue weighted by atomic mass is 10.2. The van der Waals surface area contributed by atoms with E-state index >= 15 is 0 Å². The smallest absolute Gasteiger partial charge is 0.244 e. The van der Waals surface area contributed by atoms with Crippen molar-refractivity contribution in [2.45, 2.75) is 24.9 Å². The van der Waals surface area contributed by atoms with Crippen LogP contribution in [0.5, 0.6) is 0 Å². The van der Waals surface area contributed by atoms with Crippen molar-refractivity contribution in [2.75, 3.05) is 7.05 Å². The maximum Gasteiger partial charge on any atom is 0.244 e. The predicted molar refractivity (Wildman–Crippen MR) is 89.7 cm³/mol. The Hall–Kier alpha value is -0.730. The van der Waals surface area contributed by atoms with Gasteiger partial charge < -0.3 is 5.73 Å². The molecule has 2 rings (SSSR count). The predicted octanol–water partition coefficient (Wildman–Crippen LogP) is 3.10. The van der Waals surface area contributed by atoms with E-state index in [9.17, 15) is 8.42 Å². The molecule has 0 aliphatic carbocycles. The Morgan fingerprint density at radius 3 is 2.62 bits per heavy atom. The first-order chi connectivity index (χ1) is 9.84. The number of halogens is 1. The normalized spacial score (nSPS) is 12.0. The van der Waals surface area contributed by atoms with Crippen LogP contribution in [0.3, 0.4) is 0 Å². The third kappa shape index (κ3) is 3.73. The molecule has 0 aliphatic heterocycles. The summed E-state index contributed by atoms with van der Waals surface area (Å²) in [4.78, 5) is 2.00. The summed E-state index contributed by atoms with van der Waals surface area (Å²) in [6.45, 7) is 2.50. The summed E-state index contributed by atoms with van der Waals surface area (Å²) in [5, 5.41) is 0. The first-order valence-corrected chi connectivity index (χ1v) is 9.39. The Balaban J connectivity index is 2.28. The average Bonchev–Trinajstić information content (AvgIpc) is 2.80. The van der Waals surface area contributed by atoms with Crippen LogP contribution in [-0.2, 0) is 23.1 Å². The Labute approximate surface area is 137 Å². The molecule has 2 aromatic rings. The van der Waals surface area contributed by atoms with Crippen LogP contribution in [0.2, 0.25) is 0 Å². The van der Waals surface area contributed by atoms with Crippen molar-refractivity contribution in [1.82, 2.24) is 4.31 Å². The van der Waals surface area contributed by atoms with E-state index in [-0.39, 0.29) is 0 Å². The molecule has 0 saturated heterocycles. The van der Waals surface area contributed by atoms with E-state index in [1.807, 2.05) is 31.2 Å². The fourth-order valence-corrected chi connectivity index (χ4v) is 5.11. The molecule has 0 saturated carbocycles. The van der Waals surface area contributed by atoms with E-state index in [0.29, 0.717) is 18.0 Å². The molecular formula is C14H17BrN2O2S2. The number of rotatable bonds is 5. The second-order valence-electron chi connectivity index (χ2n) is 4.73. The minimum Gasteiger partial charge on any atom is -0.326 e. The minimum atomic E-state index is -3.50. The summed E-state index contributed by atoms with van der Waals surface area (Å²) in [7, 11) is -1.90. The zero-order valence-corrected chi connectivity index (χ0v) is 15.1. The number of benzene rings is 1. The molecule has 7 heteroatoms. The third-order valence-electron chi connectivity index (χ3n) is 3.11. The summed E-state index contributed by atoms with van der Waals surface area (Å²) in [5.74, 6) is 0. The summed E-state index contributed by atoms with van der Waals surface area (Å²) >= 11 is 4.82. The molecule has 114 valence electrons. The van der Waals surface area contributed by atoms with Crippen molar-refractivity contribution in [3.05, 3.63) is 50.1 Å². The summed E-state index contributed by atoms with van der Waals surface area (Å²) in [6, 6.07) is 9.30. The minimum absolute atomic E-state index is 0.328. The number of thiophene rings is 1. The van der Waals surface area contributed by atoms with Gasteiger partial charge in [0.2, 0.25) is 10.0 Å². The second-order valence-corrected chi connectivity index (χ2v) is 9.00. The molecule has 0 aliphatic rings. The maximum atomic E-state index is 12.7. The van der Waals surface area contributed by atoms with Crippen LogP contribution in [0.15, 0.2) is 39.7 Å². The molecule has 0 amide bonds. The maximum absolute atomic E-state index is 12.7. The van der Waals surface area contributed by atoms with Crippen LogP contribution < -0.4 is 5.73 Å². The van der Waals surface area contributed by atoms with Gasteiger partial charge in [-0.05, 0) is 30.7 Å². The van der Waals surface area contributed by atoms with Crippen molar-refractivity contribution < 1.29 is 8.42 Å². The quantitative estimate of drug-likeness (QED) is 0.855. The molecule has 4 nitrogen and oxygen atoms in total. The van der Waals surface area contributed by atoms with Crippen molar-refractivity contribution in [2.24, 2.45) is 5.73 Å². The van der Waals surface area contributed by atoms with Crippen LogP contribution in [0.25, 0.3) is 0 Å². The van der Waals surface area contributed by atoms with E-state index in [4.69, 9.17) is 5.73 Å². The van der Waals surface area contributed by atoms with Gasteiger partial charge in [0.1, 0.15) is 0 Å². The van der Waals surface area contributed by atoms with Gasteiger partial charge in [0, 0.05) is 34.4 Å². The van der Waals surface area contributed by atoms with Gasteiger partial charge in [-0.3, -0.25) is 0 Å². The number of hydrogen-bond donors (Lipinski definition) is 1. The second kappa shape index (κ2) is 6.58. The Morgan fingerprint density at radius 2 is 2.05 bits per heavy atom. The van der Waals surface area contributed by atoms with Crippen molar-refractivity contribution in [3.63, 3.8) is 0 Å². The third-order valence-corrected chi connectivity index (χ3v) is 6.73. The van der Waals surface area contributed by atoms with Crippen molar-refractivity contribution in [1.29, 1.82) is 0 Å². The molecule has 2 N–H and O–H groups in total. The van der Waals surface area contributed by atoms with Crippen LogP contribution in [0.1, 0.15) is 15.3 Å². The van der Waals surface area contributed by atoms with Gasteiger partial charge in [0.05, 0.1) is 4.90 Å². The van der Waals surface area contributed by atoms with E-state index in [0.717, 1.165) is 19.8 Å². The van der Waals surface area contributed by atoms with Crippen LogP contribution in [-0.4, -0.2) is 19.8 Å². The molecule has 0 radical (unpaired) electrons. The number of aryl methyl sites for hydroxylation is 1. The van der Waals surface area contributed by atoms with E-state index in [1.165, 1.54) is 15.6 Å². The largest absolute Gasteiger partial charge is 0.326 e. The lowest BCUT2D eigenvalue weighted by Gasteiger charge is -2.17. The summed E-state index contributed by atoms with van der Waals surface area (Å²) in [5.41, 5.74) is 6.52. The molecule has 1 aromatic heterocycles. The van der Waals surface area contributed by atoms with Crippen LogP contribution >= 0.6 is 27.3 Å². The van der Waals surface area contributed by atoms with Gasteiger partial charge in [-0.2, -0.15) is 4.31 Å². The standard InChI is InChI=1S/C14H17BrN2O2S2/c1-10-14(7-13(8-16)20-10)21(18,19)17(2)9-11-4-3-5-12(15)6-11/h3-7H,8-9,16H2,1-2H3. The van der Waals surface area contributed by atoms with Gasteiger partial charge in [0.25, 0.3) is 0 Å². The van der Waals surface area contributed by atoms with E-state index < -0.39 is 10.0 Å².